The molecule has 0 atom stereocenters. The van der Waals surface area contributed by atoms with Gasteiger partial charge in [-0.1, -0.05) is 44.2 Å². The fourth-order valence-electron chi connectivity index (χ4n) is 1.48. The smallest absolute Gasteiger partial charge is 0.0403 e. The van der Waals surface area contributed by atoms with Gasteiger partial charge < -0.3 is 0 Å². The van der Waals surface area contributed by atoms with Crippen LogP contribution in [0.4, 0.5) is 0 Å². The molecule has 1 heteroatoms. The average Bonchev–Trinajstić information content (AvgIpc) is 2.28. The van der Waals surface area contributed by atoms with E-state index in [4.69, 9.17) is 0 Å². The Labute approximate surface area is 92.6 Å². The van der Waals surface area contributed by atoms with Gasteiger partial charge in [0.15, 0.2) is 0 Å². The highest BCUT2D eigenvalue weighted by Gasteiger charge is 1.96. The van der Waals surface area contributed by atoms with Crippen molar-refractivity contribution in [2.24, 2.45) is 4.99 Å². The third-order valence-electron chi connectivity index (χ3n) is 2.26. The summed E-state index contributed by atoms with van der Waals surface area (Å²) in [7, 11) is 0. The van der Waals surface area contributed by atoms with Crippen molar-refractivity contribution in [1.29, 1.82) is 0 Å². The molecule has 0 bridgehead atoms. The normalized spacial score (nSPS) is 16.9. The molecule has 0 aromatic carbocycles. The Morgan fingerprint density at radius 1 is 1.60 bits per heavy atom. The van der Waals surface area contributed by atoms with E-state index in [1.165, 1.54) is 5.57 Å². The van der Waals surface area contributed by atoms with Gasteiger partial charge in [-0.3, -0.25) is 4.99 Å². The van der Waals surface area contributed by atoms with Gasteiger partial charge in [0.05, 0.1) is 0 Å². The molecule has 0 fully saturated rings. The Bertz CT molecular complexity index is 316. The van der Waals surface area contributed by atoms with Crippen molar-refractivity contribution in [1.82, 2.24) is 0 Å². The molecule has 1 aliphatic carbocycles. The van der Waals surface area contributed by atoms with Gasteiger partial charge in [-0.05, 0) is 30.9 Å². The van der Waals surface area contributed by atoms with Crippen molar-refractivity contribution < 1.29 is 0 Å². The summed E-state index contributed by atoms with van der Waals surface area (Å²) < 4.78 is 0. The number of rotatable bonds is 5. The second kappa shape index (κ2) is 6.99. The van der Waals surface area contributed by atoms with Crippen molar-refractivity contribution in [2.75, 3.05) is 0 Å². The quantitative estimate of drug-likeness (QED) is 0.467. The topological polar surface area (TPSA) is 12.4 Å². The van der Waals surface area contributed by atoms with Crippen LogP contribution in [0.2, 0.25) is 0 Å². The predicted octanol–water partition coefficient (Wildman–Crippen LogP) is 4.20. The molecular weight excluding hydrogens is 182 g/mol. The highest BCUT2D eigenvalue weighted by atomic mass is 14.7. The summed E-state index contributed by atoms with van der Waals surface area (Å²) in [5.74, 6) is 0. The van der Waals surface area contributed by atoms with Gasteiger partial charge in [0.2, 0.25) is 0 Å². The molecule has 0 N–H and O–H groups in total. The maximum atomic E-state index is 4.49. The van der Waals surface area contributed by atoms with E-state index >= 15 is 0 Å². The third-order valence-corrected chi connectivity index (χ3v) is 2.26. The Kier molecular flexibility index (Phi) is 5.46. The lowest BCUT2D eigenvalue weighted by molar-refractivity contribution is 0.893. The summed E-state index contributed by atoms with van der Waals surface area (Å²) in [4.78, 5) is 4.49. The van der Waals surface area contributed by atoms with E-state index in [1.807, 2.05) is 12.3 Å². The van der Waals surface area contributed by atoms with Crippen LogP contribution >= 0.6 is 0 Å². The van der Waals surface area contributed by atoms with E-state index in [0.29, 0.717) is 0 Å². The summed E-state index contributed by atoms with van der Waals surface area (Å²) in [5.41, 5.74) is 2.42. The van der Waals surface area contributed by atoms with Crippen molar-refractivity contribution in [3.8, 4) is 0 Å². The fourth-order valence-corrected chi connectivity index (χ4v) is 1.48. The molecule has 0 aliphatic heterocycles. The zero-order valence-electron chi connectivity index (χ0n) is 9.45. The van der Waals surface area contributed by atoms with Gasteiger partial charge >= 0.3 is 0 Å². The van der Waals surface area contributed by atoms with Gasteiger partial charge in [0, 0.05) is 11.9 Å². The molecule has 1 aliphatic rings. The molecule has 0 aromatic rings. The van der Waals surface area contributed by atoms with Gasteiger partial charge in [-0.25, -0.2) is 0 Å². The Morgan fingerprint density at radius 3 is 3.07 bits per heavy atom. The van der Waals surface area contributed by atoms with Crippen LogP contribution in [0.5, 0.6) is 0 Å². The van der Waals surface area contributed by atoms with E-state index in [-0.39, 0.29) is 0 Å². The molecule has 0 radical (unpaired) electrons. The van der Waals surface area contributed by atoms with Gasteiger partial charge in [0.25, 0.3) is 0 Å². The summed E-state index contributed by atoms with van der Waals surface area (Å²) in [5, 5.41) is 0. The minimum atomic E-state index is 1.02. The lowest BCUT2D eigenvalue weighted by Crippen LogP contribution is -1.89. The van der Waals surface area contributed by atoms with E-state index in [0.717, 1.165) is 31.4 Å². The summed E-state index contributed by atoms with van der Waals surface area (Å²) in [6.07, 6.45) is 16.6. The first-order chi connectivity index (χ1) is 7.36. The van der Waals surface area contributed by atoms with Crippen molar-refractivity contribution in [3.63, 3.8) is 0 Å². The van der Waals surface area contributed by atoms with Gasteiger partial charge in [-0.2, -0.15) is 0 Å². The first-order valence-electron chi connectivity index (χ1n) is 5.58. The van der Waals surface area contributed by atoms with Crippen LogP contribution in [0.3, 0.4) is 0 Å². The molecule has 80 valence electrons. The highest BCUT2D eigenvalue weighted by molar-refractivity contribution is 5.80. The van der Waals surface area contributed by atoms with Crippen molar-refractivity contribution in [2.45, 2.75) is 32.6 Å². The number of hydrogen-bond donors (Lipinski definition) is 0. The molecule has 0 saturated heterocycles. The molecule has 0 heterocycles. The second-order valence-corrected chi connectivity index (χ2v) is 3.61. The maximum Gasteiger partial charge on any atom is 0.0403 e. The zero-order valence-corrected chi connectivity index (χ0v) is 9.45. The van der Waals surface area contributed by atoms with Crippen LogP contribution < -0.4 is 0 Å². The van der Waals surface area contributed by atoms with Crippen molar-refractivity contribution in [3.05, 3.63) is 48.2 Å². The monoisotopic (exact) mass is 201 g/mol. The van der Waals surface area contributed by atoms with Crippen LogP contribution in [0.25, 0.3) is 0 Å². The molecule has 15 heavy (non-hydrogen) atoms. The van der Waals surface area contributed by atoms with E-state index in [1.54, 1.807) is 6.08 Å². The van der Waals surface area contributed by atoms with Crippen LogP contribution in [0.1, 0.15) is 32.6 Å². The molecule has 1 nitrogen and oxygen atoms in total. The van der Waals surface area contributed by atoms with Crippen LogP contribution in [0.15, 0.2) is 53.2 Å². The SMILES string of the molecule is C=CC=C(CCC)N=CC1=CC=CCC1. The summed E-state index contributed by atoms with van der Waals surface area (Å²) in [6.45, 7) is 5.86. The van der Waals surface area contributed by atoms with E-state index < -0.39 is 0 Å². The number of allylic oxidation sites excluding steroid dienone is 7. The zero-order chi connectivity index (χ0) is 10.9. The molecule has 0 amide bonds. The van der Waals surface area contributed by atoms with Crippen molar-refractivity contribution >= 4 is 6.21 Å². The lowest BCUT2D eigenvalue weighted by atomic mass is 10.1. The highest BCUT2D eigenvalue weighted by Crippen LogP contribution is 2.12. The van der Waals surface area contributed by atoms with E-state index in [2.05, 4.69) is 36.7 Å². The lowest BCUT2D eigenvalue weighted by Gasteiger charge is -2.03. The molecule has 0 unspecified atom stereocenters. The molecule has 0 spiro atoms. The fraction of sp³-hybridized carbons (Fsp3) is 0.357. The minimum Gasteiger partial charge on any atom is -0.261 e. The van der Waals surface area contributed by atoms with Gasteiger partial charge in [-0.15, -0.1) is 0 Å². The Morgan fingerprint density at radius 2 is 2.47 bits per heavy atom. The average molecular weight is 201 g/mol. The number of nitrogens with zero attached hydrogens (tertiary/aromatic N) is 1. The molecule has 1 rings (SSSR count). The number of aliphatic imine (C=N–C) groups is 1. The maximum absolute atomic E-state index is 4.49. The Balaban J connectivity index is 2.60. The Hall–Kier alpha value is -1.37. The van der Waals surface area contributed by atoms with Crippen LogP contribution in [-0.4, -0.2) is 6.21 Å². The molecule has 0 saturated carbocycles. The second-order valence-electron chi connectivity index (χ2n) is 3.61. The van der Waals surface area contributed by atoms with Crippen LogP contribution in [0, 0.1) is 0 Å². The standard InChI is InChI=1S/C14H19N/c1-3-8-14(9-4-2)15-12-13-10-6-5-7-11-13/h3,5-6,8,10,12H,1,4,7,9,11H2,2H3. The van der Waals surface area contributed by atoms with Crippen LogP contribution in [-0.2, 0) is 0 Å². The first-order valence-corrected chi connectivity index (χ1v) is 5.58. The molecule has 0 aromatic heterocycles. The molecular formula is C14H19N. The number of hydrogen-bond acceptors (Lipinski definition) is 1. The largest absolute Gasteiger partial charge is 0.261 e. The summed E-state index contributed by atoms with van der Waals surface area (Å²) >= 11 is 0. The first kappa shape index (κ1) is 11.7. The third kappa shape index (κ3) is 4.59. The summed E-state index contributed by atoms with van der Waals surface area (Å²) in [6, 6.07) is 0. The minimum absolute atomic E-state index is 1.02. The van der Waals surface area contributed by atoms with E-state index in [9.17, 15) is 0 Å². The predicted molar refractivity (Wildman–Crippen MR) is 68.1 cm³/mol. The van der Waals surface area contributed by atoms with Gasteiger partial charge in [0.1, 0.15) is 0 Å².